The molecule has 1 unspecified atom stereocenters. The molecule has 1 aliphatic heterocycles. The summed E-state index contributed by atoms with van der Waals surface area (Å²) in [5.74, 6) is 1.21. The molecule has 0 saturated carbocycles. The van der Waals surface area contributed by atoms with Crippen molar-refractivity contribution in [1.82, 2.24) is 20.4 Å². The van der Waals surface area contributed by atoms with Crippen LogP contribution in [0.4, 0.5) is 0 Å². The summed E-state index contributed by atoms with van der Waals surface area (Å²) in [6.07, 6.45) is 2.47. The van der Waals surface area contributed by atoms with Gasteiger partial charge in [-0.1, -0.05) is 5.16 Å². The number of morpholine rings is 1. The van der Waals surface area contributed by atoms with Crippen molar-refractivity contribution in [2.24, 2.45) is 0 Å². The predicted octanol–water partition coefficient (Wildman–Crippen LogP) is 1.88. The second-order valence-electron chi connectivity index (χ2n) is 4.97. The van der Waals surface area contributed by atoms with Crippen molar-refractivity contribution in [1.29, 1.82) is 0 Å². The van der Waals surface area contributed by atoms with Crippen molar-refractivity contribution >= 4 is 21.6 Å². The lowest BCUT2D eigenvalue weighted by Crippen LogP contribution is -2.42. The van der Waals surface area contributed by atoms with Gasteiger partial charge in [-0.15, -0.1) is 11.3 Å². The van der Waals surface area contributed by atoms with E-state index in [1.807, 2.05) is 17.5 Å². The fourth-order valence-corrected chi connectivity index (χ4v) is 3.17. The Kier molecular flexibility index (Phi) is 3.38. The molecule has 0 aliphatic carbocycles. The summed E-state index contributed by atoms with van der Waals surface area (Å²) in [5.41, 5.74) is 1.88. The van der Waals surface area contributed by atoms with Crippen LogP contribution in [0.2, 0.25) is 0 Å². The van der Waals surface area contributed by atoms with Gasteiger partial charge in [0.15, 0.2) is 0 Å². The van der Waals surface area contributed by atoms with Crippen molar-refractivity contribution in [2.45, 2.75) is 12.5 Å². The number of hydrogen-bond donors (Lipinski definition) is 1. The zero-order chi connectivity index (χ0) is 14.1. The summed E-state index contributed by atoms with van der Waals surface area (Å²) in [4.78, 5) is 8.86. The van der Waals surface area contributed by atoms with Crippen LogP contribution in [0.1, 0.15) is 5.89 Å². The van der Waals surface area contributed by atoms with E-state index in [1.165, 1.54) is 0 Å². The first-order valence-electron chi connectivity index (χ1n) is 6.86. The highest BCUT2D eigenvalue weighted by molar-refractivity contribution is 7.17. The van der Waals surface area contributed by atoms with Crippen LogP contribution >= 0.6 is 11.3 Å². The highest BCUT2D eigenvalue weighted by Gasteiger charge is 2.18. The average Bonchev–Trinajstić information content (AvgIpc) is 3.16. The fraction of sp³-hybridized carbons (Fsp3) is 0.357. The number of ether oxygens (including phenoxy) is 1. The molecule has 1 aliphatic rings. The minimum atomic E-state index is 0.241. The van der Waals surface area contributed by atoms with E-state index in [2.05, 4.69) is 20.4 Å². The molecule has 1 N–H and O–H groups in total. The molecule has 0 spiro atoms. The average molecular weight is 302 g/mol. The molecule has 3 aromatic heterocycles. The van der Waals surface area contributed by atoms with Gasteiger partial charge in [0.05, 0.1) is 23.4 Å². The Bertz CT molecular complexity index is 748. The maximum Gasteiger partial charge on any atom is 0.228 e. The van der Waals surface area contributed by atoms with E-state index in [-0.39, 0.29) is 6.04 Å². The monoisotopic (exact) mass is 302 g/mol. The number of thiophene rings is 1. The molecule has 1 saturated heterocycles. The lowest BCUT2D eigenvalue weighted by Gasteiger charge is -2.22. The van der Waals surface area contributed by atoms with Gasteiger partial charge in [-0.05, 0) is 17.5 Å². The van der Waals surface area contributed by atoms with Crippen molar-refractivity contribution in [3.05, 3.63) is 29.6 Å². The number of hydrogen-bond acceptors (Lipinski definition) is 7. The van der Waals surface area contributed by atoms with E-state index in [0.717, 1.165) is 28.9 Å². The van der Waals surface area contributed by atoms with Crippen molar-refractivity contribution in [2.75, 3.05) is 19.8 Å². The van der Waals surface area contributed by atoms with Gasteiger partial charge < -0.3 is 14.6 Å². The molecular formula is C14H14N4O2S. The van der Waals surface area contributed by atoms with Gasteiger partial charge in [0.25, 0.3) is 0 Å². The molecule has 1 atom stereocenters. The maximum atomic E-state index is 5.42. The van der Waals surface area contributed by atoms with E-state index >= 15 is 0 Å². The molecule has 4 heterocycles. The molecule has 1 fully saturated rings. The fourth-order valence-electron chi connectivity index (χ4n) is 2.39. The molecule has 0 amide bonds. The van der Waals surface area contributed by atoms with Gasteiger partial charge in [-0.3, -0.25) is 4.98 Å². The van der Waals surface area contributed by atoms with Crippen LogP contribution in [0.5, 0.6) is 0 Å². The quantitative estimate of drug-likeness (QED) is 0.796. The van der Waals surface area contributed by atoms with Gasteiger partial charge in [-0.2, -0.15) is 4.98 Å². The van der Waals surface area contributed by atoms with Crippen LogP contribution < -0.4 is 5.32 Å². The zero-order valence-electron chi connectivity index (χ0n) is 11.3. The second kappa shape index (κ2) is 5.51. The van der Waals surface area contributed by atoms with E-state index in [0.29, 0.717) is 24.7 Å². The Labute approximate surface area is 125 Å². The number of aromatic nitrogens is 3. The largest absolute Gasteiger partial charge is 0.378 e. The number of pyridine rings is 1. The summed E-state index contributed by atoms with van der Waals surface area (Å²) in [5, 5.41) is 9.45. The van der Waals surface area contributed by atoms with Crippen molar-refractivity contribution < 1.29 is 9.26 Å². The minimum Gasteiger partial charge on any atom is -0.378 e. The lowest BCUT2D eigenvalue weighted by atomic mass is 10.2. The molecule has 108 valence electrons. The SMILES string of the molecule is c1cc2ncc(-c3noc(CC4COCCN4)n3)cc2s1. The van der Waals surface area contributed by atoms with Gasteiger partial charge in [-0.25, -0.2) is 0 Å². The van der Waals surface area contributed by atoms with Gasteiger partial charge >= 0.3 is 0 Å². The van der Waals surface area contributed by atoms with Crippen LogP contribution in [0, 0.1) is 0 Å². The molecule has 0 bridgehead atoms. The highest BCUT2D eigenvalue weighted by atomic mass is 32.1. The summed E-state index contributed by atoms with van der Waals surface area (Å²) in [6, 6.07) is 4.29. The summed E-state index contributed by atoms with van der Waals surface area (Å²) < 4.78 is 11.9. The normalized spacial score (nSPS) is 19.1. The first-order chi connectivity index (χ1) is 10.4. The van der Waals surface area contributed by atoms with E-state index in [1.54, 1.807) is 17.5 Å². The van der Waals surface area contributed by atoms with Crippen molar-refractivity contribution in [3.63, 3.8) is 0 Å². The molecule has 0 radical (unpaired) electrons. The Hall–Kier alpha value is -1.83. The summed E-state index contributed by atoms with van der Waals surface area (Å²) in [6.45, 7) is 2.31. The van der Waals surface area contributed by atoms with E-state index < -0.39 is 0 Å². The van der Waals surface area contributed by atoms with Crippen LogP contribution in [0.3, 0.4) is 0 Å². The number of fused-ring (bicyclic) bond motifs is 1. The molecule has 3 aromatic rings. The third kappa shape index (κ3) is 2.67. The number of rotatable bonds is 3. The first kappa shape index (κ1) is 12.9. The number of nitrogens with zero attached hydrogens (tertiary/aromatic N) is 3. The Morgan fingerprint density at radius 2 is 2.43 bits per heavy atom. The zero-order valence-corrected chi connectivity index (χ0v) is 12.1. The maximum absolute atomic E-state index is 5.42. The first-order valence-corrected chi connectivity index (χ1v) is 7.74. The van der Waals surface area contributed by atoms with Crippen molar-refractivity contribution in [3.8, 4) is 11.4 Å². The minimum absolute atomic E-state index is 0.241. The van der Waals surface area contributed by atoms with E-state index in [9.17, 15) is 0 Å². The third-order valence-corrected chi connectivity index (χ3v) is 4.30. The van der Waals surface area contributed by atoms with Crippen LogP contribution in [0.15, 0.2) is 28.2 Å². The second-order valence-corrected chi connectivity index (χ2v) is 5.92. The summed E-state index contributed by atoms with van der Waals surface area (Å²) >= 11 is 1.66. The van der Waals surface area contributed by atoms with Crippen LogP contribution in [-0.4, -0.2) is 40.9 Å². The number of nitrogens with one attached hydrogen (secondary N) is 1. The Morgan fingerprint density at radius 1 is 1.43 bits per heavy atom. The van der Waals surface area contributed by atoms with Crippen LogP contribution in [0.25, 0.3) is 21.6 Å². The third-order valence-electron chi connectivity index (χ3n) is 3.45. The summed E-state index contributed by atoms with van der Waals surface area (Å²) in [7, 11) is 0. The van der Waals surface area contributed by atoms with Gasteiger partial charge in [0.2, 0.25) is 11.7 Å². The van der Waals surface area contributed by atoms with Gasteiger partial charge in [0.1, 0.15) is 0 Å². The van der Waals surface area contributed by atoms with Crippen LogP contribution in [-0.2, 0) is 11.2 Å². The van der Waals surface area contributed by atoms with Gasteiger partial charge in [0, 0.05) is 30.8 Å². The van der Waals surface area contributed by atoms with E-state index in [4.69, 9.17) is 9.26 Å². The molecule has 7 heteroatoms. The lowest BCUT2D eigenvalue weighted by molar-refractivity contribution is 0.0744. The highest BCUT2D eigenvalue weighted by Crippen LogP contribution is 2.24. The molecule has 6 nitrogen and oxygen atoms in total. The molecular weight excluding hydrogens is 288 g/mol. The Balaban J connectivity index is 1.55. The Morgan fingerprint density at radius 3 is 3.33 bits per heavy atom. The standard InChI is InChI=1S/C14H14N4O2S/c1-4-21-12-5-9(7-16-11(1)12)14-17-13(20-18-14)6-10-8-19-3-2-15-10/h1,4-5,7,10,15H,2-3,6,8H2. The molecule has 0 aromatic carbocycles. The molecule has 4 rings (SSSR count). The predicted molar refractivity (Wildman–Crippen MR) is 79.2 cm³/mol. The smallest absolute Gasteiger partial charge is 0.228 e. The topological polar surface area (TPSA) is 73.1 Å². The molecule has 21 heavy (non-hydrogen) atoms.